The van der Waals surface area contributed by atoms with Crippen LogP contribution in [0.4, 0.5) is 0 Å². The molecule has 0 bridgehead atoms. The van der Waals surface area contributed by atoms with E-state index in [2.05, 4.69) is 0 Å². The van der Waals surface area contributed by atoms with Gasteiger partial charge in [0.15, 0.2) is 5.75 Å². The summed E-state index contributed by atoms with van der Waals surface area (Å²) in [5, 5.41) is 0. The van der Waals surface area contributed by atoms with Crippen molar-refractivity contribution in [3.8, 4) is 5.75 Å². The summed E-state index contributed by atoms with van der Waals surface area (Å²) in [5.41, 5.74) is 0.853. The fraction of sp³-hybridized carbons (Fsp3) is 0.200. The highest BCUT2D eigenvalue weighted by Gasteiger charge is 2.15. The van der Waals surface area contributed by atoms with Gasteiger partial charge >= 0.3 is 5.97 Å². The molecule has 4 heteroatoms. The van der Waals surface area contributed by atoms with Gasteiger partial charge in [0, 0.05) is 19.3 Å². The molecule has 98 valence electrons. The average Bonchev–Trinajstić information content (AvgIpc) is 2.44. The Bertz CT molecular complexity index is 644. The molecule has 1 aromatic carbocycles. The van der Waals surface area contributed by atoms with Gasteiger partial charge in [-0.3, -0.25) is 4.79 Å². The molecule has 2 rings (SSSR count). The standard InChI is InChI=1S/C15H15NO3/c1-3-12-14(13(17)9-10-16(12)2)19-15(18)11-7-5-4-6-8-11/h4-10H,3H2,1-2H3. The number of aryl methyl sites for hydroxylation is 1. The predicted molar refractivity (Wildman–Crippen MR) is 72.5 cm³/mol. The molecule has 0 atom stereocenters. The molecule has 0 fully saturated rings. The van der Waals surface area contributed by atoms with Gasteiger partial charge in [0.05, 0.1) is 11.3 Å². The van der Waals surface area contributed by atoms with Gasteiger partial charge in [-0.05, 0) is 18.6 Å². The van der Waals surface area contributed by atoms with Crippen LogP contribution in [0.3, 0.4) is 0 Å². The van der Waals surface area contributed by atoms with Crippen LogP contribution >= 0.6 is 0 Å². The molecule has 0 aliphatic carbocycles. The second-order valence-electron chi connectivity index (χ2n) is 4.18. The van der Waals surface area contributed by atoms with Gasteiger partial charge in [0.2, 0.25) is 5.43 Å². The summed E-state index contributed by atoms with van der Waals surface area (Å²) in [6.45, 7) is 1.91. The normalized spacial score (nSPS) is 10.2. The Morgan fingerprint density at radius 2 is 1.89 bits per heavy atom. The summed E-state index contributed by atoms with van der Waals surface area (Å²) >= 11 is 0. The second kappa shape index (κ2) is 5.52. The van der Waals surface area contributed by atoms with Crippen LogP contribution in [0.1, 0.15) is 23.0 Å². The highest BCUT2D eigenvalue weighted by atomic mass is 16.5. The molecule has 0 aliphatic rings. The minimum atomic E-state index is -0.515. The predicted octanol–water partition coefficient (Wildman–Crippen LogP) is 2.17. The van der Waals surface area contributed by atoms with E-state index in [1.807, 2.05) is 20.0 Å². The largest absolute Gasteiger partial charge is 0.417 e. The van der Waals surface area contributed by atoms with Crippen LogP contribution in [0, 0.1) is 0 Å². The van der Waals surface area contributed by atoms with Crippen molar-refractivity contribution < 1.29 is 9.53 Å². The third kappa shape index (κ3) is 2.73. The molecule has 19 heavy (non-hydrogen) atoms. The molecule has 0 amide bonds. The Balaban J connectivity index is 2.37. The van der Waals surface area contributed by atoms with Gasteiger partial charge in [-0.1, -0.05) is 25.1 Å². The Labute approximate surface area is 111 Å². The van der Waals surface area contributed by atoms with Crippen molar-refractivity contribution in [1.82, 2.24) is 4.57 Å². The number of carbonyl (C=O) groups is 1. The zero-order valence-corrected chi connectivity index (χ0v) is 10.9. The van der Waals surface area contributed by atoms with Gasteiger partial charge in [-0.25, -0.2) is 4.79 Å². The number of nitrogens with zero attached hydrogens (tertiary/aromatic N) is 1. The highest BCUT2D eigenvalue weighted by molar-refractivity contribution is 5.91. The third-order valence-corrected chi connectivity index (χ3v) is 2.90. The van der Waals surface area contributed by atoms with Crippen LogP contribution in [-0.2, 0) is 13.5 Å². The summed E-state index contributed by atoms with van der Waals surface area (Å²) in [5.74, 6) is -0.403. The van der Waals surface area contributed by atoms with Crippen LogP contribution in [0.15, 0.2) is 47.4 Å². The summed E-state index contributed by atoms with van der Waals surface area (Å²) in [6, 6.07) is 10.0. The molecular weight excluding hydrogens is 242 g/mol. The van der Waals surface area contributed by atoms with Crippen molar-refractivity contribution in [1.29, 1.82) is 0 Å². The van der Waals surface area contributed by atoms with Crippen molar-refractivity contribution in [2.45, 2.75) is 13.3 Å². The highest BCUT2D eigenvalue weighted by Crippen LogP contribution is 2.14. The molecule has 0 radical (unpaired) electrons. The summed E-state index contributed by atoms with van der Waals surface area (Å²) in [4.78, 5) is 23.8. The van der Waals surface area contributed by atoms with Crippen LogP contribution < -0.4 is 10.2 Å². The molecule has 0 N–H and O–H groups in total. The number of ether oxygens (including phenoxy) is 1. The monoisotopic (exact) mass is 257 g/mol. The van der Waals surface area contributed by atoms with E-state index < -0.39 is 5.97 Å². The molecule has 0 saturated carbocycles. The number of pyridine rings is 1. The van der Waals surface area contributed by atoms with Crippen LogP contribution in [0.2, 0.25) is 0 Å². The Hall–Kier alpha value is -2.36. The molecule has 1 heterocycles. The quantitative estimate of drug-likeness (QED) is 0.792. The molecule has 1 aromatic heterocycles. The molecule has 0 spiro atoms. The number of esters is 1. The van der Waals surface area contributed by atoms with Gasteiger partial charge < -0.3 is 9.30 Å². The summed E-state index contributed by atoms with van der Waals surface area (Å²) in [7, 11) is 1.82. The lowest BCUT2D eigenvalue weighted by Gasteiger charge is -2.11. The number of rotatable bonds is 3. The zero-order valence-electron chi connectivity index (χ0n) is 10.9. The van der Waals surface area contributed by atoms with Gasteiger partial charge in [-0.2, -0.15) is 0 Å². The van der Waals surface area contributed by atoms with Crippen LogP contribution in [0.25, 0.3) is 0 Å². The van der Waals surface area contributed by atoms with E-state index in [1.54, 1.807) is 35.0 Å². The SMILES string of the molecule is CCc1c(OC(=O)c2ccccc2)c(=O)ccn1C. The van der Waals surface area contributed by atoms with E-state index in [-0.39, 0.29) is 11.2 Å². The first-order chi connectivity index (χ1) is 9.13. The van der Waals surface area contributed by atoms with Gasteiger partial charge in [-0.15, -0.1) is 0 Å². The maximum atomic E-state index is 12.0. The molecule has 0 aliphatic heterocycles. The van der Waals surface area contributed by atoms with E-state index in [9.17, 15) is 9.59 Å². The van der Waals surface area contributed by atoms with E-state index in [0.717, 1.165) is 0 Å². The minimum Gasteiger partial charge on any atom is -0.417 e. The van der Waals surface area contributed by atoms with E-state index >= 15 is 0 Å². The maximum absolute atomic E-state index is 12.0. The molecule has 2 aromatic rings. The van der Waals surface area contributed by atoms with Crippen LogP contribution in [0.5, 0.6) is 5.75 Å². The van der Waals surface area contributed by atoms with Crippen molar-refractivity contribution in [2.75, 3.05) is 0 Å². The smallest absolute Gasteiger partial charge is 0.343 e. The molecular formula is C15H15NO3. The van der Waals surface area contributed by atoms with E-state index in [1.165, 1.54) is 6.07 Å². The molecule has 4 nitrogen and oxygen atoms in total. The average molecular weight is 257 g/mol. The third-order valence-electron chi connectivity index (χ3n) is 2.90. The van der Waals surface area contributed by atoms with Crippen molar-refractivity contribution in [3.05, 3.63) is 64.1 Å². The van der Waals surface area contributed by atoms with Crippen LogP contribution in [-0.4, -0.2) is 10.5 Å². The van der Waals surface area contributed by atoms with Gasteiger partial charge in [0.25, 0.3) is 0 Å². The minimum absolute atomic E-state index is 0.112. The fourth-order valence-corrected chi connectivity index (χ4v) is 1.89. The lowest BCUT2D eigenvalue weighted by Crippen LogP contribution is -2.19. The van der Waals surface area contributed by atoms with Crippen molar-refractivity contribution in [3.63, 3.8) is 0 Å². The van der Waals surface area contributed by atoms with Crippen molar-refractivity contribution in [2.24, 2.45) is 7.05 Å². The van der Waals surface area contributed by atoms with Crippen molar-refractivity contribution >= 4 is 5.97 Å². The number of carbonyl (C=O) groups excluding carboxylic acids is 1. The number of benzene rings is 1. The van der Waals surface area contributed by atoms with E-state index in [0.29, 0.717) is 17.7 Å². The lowest BCUT2D eigenvalue weighted by molar-refractivity contribution is 0.0730. The Morgan fingerprint density at radius 3 is 2.53 bits per heavy atom. The number of aromatic nitrogens is 1. The van der Waals surface area contributed by atoms with Gasteiger partial charge in [0.1, 0.15) is 0 Å². The molecule has 0 saturated heterocycles. The first-order valence-electron chi connectivity index (χ1n) is 6.09. The number of hydrogen-bond donors (Lipinski definition) is 0. The fourth-order valence-electron chi connectivity index (χ4n) is 1.89. The number of hydrogen-bond acceptors (Lipinski definition) is 3. The van der Waals surface area contributed by atoms with E-state index in [4.69, 9.17) is 4.74 Å². The second-order valence-corrected chi connectivity index (χ2v) is 4.18. The topological polar surface area (TPSA) is 48.3 Å². The zero-order chi connectivity index (χ0) is 13.8. The first-order valence-corrected chi connectivity index (χ1v) is 6.09. The Kier molecular flexibility index (Phi) is 3.80. The summed E-state index contributed by atoms with van der Waals surface area (Å²) < 4.78 is 7.05. The first kappa shape index (κ1) is 13.1. The lowest BCUT2D eigenvalue weighted by atomic mass is 10.2. The summed E-state index contributed by atoms with van der Waals surface area (Å²) in [6.07, 6.45) is 2.28. The maximum Gasteiger partial charge on any atom is 0.343 e. The Morgan fingerprint density at radius 1 is 1.21 bits per heavy atom. The molecule has 0 unspecified atom stereocenters.